The summed E-state index contributed by atoms with van der Waals surface area (Å²) in [6.07, 6.45) is 1.76. The highest BCUT2D eigenvalue weighted by atomic mass is 35.5. The Bertz CT molecular complexity index is 604. The number of aliphatic hydroxyl groups excluding tert-OH is 1. The van der Waals surface area contributed by atoms with E-state index < -0.39 is 5.82 Å². The molecule has 1 aromatic carbocycles. The average Bonchev–Trinajstić information content (AvgIpc) is 2.95. The molecular formula is C14H18ClFN4O. The molecule has 2 unspecified atom stereocenters. The molecule has 1 heterocycles. The van der Waals surface area contributed by atoms with Crippen LogP contribution >= 0.6 is 11.6 Å². The summed E-state index contributed by atoms with van der Waals surface area (Å²) in [4.78, 5) is 0. The predicted molar refractivity (Wildman–Crippen MR) is 78.9 cm³/mol. The van der Waals surface area contributed by atoms with E-state index in [4.69, 9.17) is 16.7 Å². The second-order valence-electron chi connectivity index (χ2n) is 5.08. The normalized spacial score (nSPS) is 14.1. The molecular weight excluding hydrogens is 295 g/mol. The van der Waals surface area contributed by atoms with Crippen LogP contribution in [0.15, 0.2) is 24.4 Å². The largest absolute Gasteiger partial charge is 0.396 e. The van der Waals surface area contributed by atoms with E-state index in [0.717, 1.165) is 5.69 Å². The van der Waals surface area contributed by atoms with E-state index in [1.54, 1.807) is 16.9 Å². The molecule has 2 aromatic rings. The Morgan fingerprint density at radius 2 is 2.19 bits per heavy atom. The van der Waals surface area contributed by atoms with Gasteiger partial charge in [-0.3, -0.25) is 0 Å². The summed E-state index contributed by atoms with van der Waals surface area (Å²) >= 11 is 5.75. The van der Waals surface area contributed by atoms with E-state index in [-0.39, 0.29) is 23.6 Å². The van der Waals surface area contributed by atoms with E-state index >= 15 is 0 Å². The number of hydrogen-bond donors (Lipinski definition) is 2. The van der Waals surface area contributed by atoms with Crippen LogP contribution in [0.4, 0.5) is 4.39 Å². The van der Waals surface area contributed by atoms with Crippen molar-refractivity contribution >= 4 is 11.6 Å². The van der Waals surface area contributed by atoms with Crippen LogP contribution in [0.3, 0.4) is 0 Å². The molecule has 0 fully saturated rings. The summed E-state index contributed by atoms with van der Waals surface area (Å²) in [5.41, 5.74) is 1.41. The van der Waals surface area contributed by atoms with Gasteiger partial charge in [-0.25, -0.2) is 9.07 Å². The summed E-state index contributed by atoms with van der Waals surface area (Å²) in [6, 6.07) is 4.55. The van der Waals surface area contributed by atoms with Crippen LogP contribution in [0, 0.1) is 11.7 Å². The SMILES string of the molecule is CC(CO)C(C)NCc1cn(-c2ccc(F)c(Cl)c2)nn1. The average molecular weight is 313 g/mol. The highest BCUT2D eigenvalue weighted by Gasteiger charge is 2.11. The minimum absolute atomic E-state index is 0.0491. The van der Waals surface area contributed by atoms with Gasteiger partial charge in [0.25, 0.3) is 0 Å². The van der Waals surface area contributed by atoms with Gasteiger partial charge >= 0.3 is 0 Å². The standard InChI is InChI=1S/C14H18ClFN4O/c1-9(8-21)10(2)17-6-11-7-20(19-18-11)12-3-4-14(16)13(15)5-12/h3-5,7,9-10,17,21H,6,8H2,1-2H3. The van der Waals surface area contributed by atoms with Crippen molar-refractivity contribution in [2.45, 2.75) is 26.4 Å². The lowest BCUT2D eigenvalue weighted by molar-refractivity contribution is 0.207. The molecule has 0 amide bonds. The monoisotopic (exact) mass is 312 g/mol. The molecule has 5 nitrogen and oxygen atoms in total. The maximum atomic E-state index is 13.1. The van der Waals surface area contributed by atoms with E-state index in [2.05, 4.69) is 15.6 Å². The van der Waals surface area contributed by atoms with Gasteiger partial charge in [0.15, 0.2) is 0 Å². The Hall–Kier alpha value is -1.50. The summed E-state index contributed by atoms with van der Waals surface area (Å²) < 4.78 is 14.7. The summed E-state index contributed by atoms with van der Waals surface area (Å²) in [7, 11) is 0. The van der Waals surface area contributed by atoms with E-state index in [1.807, 2.05) is 13.8 Å². The number of benzene rings is 1. The van der Waals surface area contributed by atoms with Crippen molar-refractivity contribution in [2.24, 2.45) is 5.92 Å². The maximum Gasteiger partial charge on any atom is 0.141 e. The van der Waals surface area contributed by atoms with E-state index in [9.17, 15) is 4.39 Å². The smallest absolute Gasteiger partial charge is 0.141 e. The van der Waals surface area contributed by atoms with Crippen LogP contribution in [0.2, 0.25) is 5.02 Å². The molecule has 2 atom stereocenters. The van der Waals surface area contributed by atoms with Crippen molar-refractivity contribution in [1.29, 1.82) is 0 Å². The number of aliphatic hydroxyl groups is 1. The number of aromatic nitrogens is 3. The van der Waals surface area contributed by atoms with Gasteiger partial charge in [0, 0.05) is 19.2 Å². The zero-order valence-electron chi connectivity index (χ0n) is 11.9. The fraction of sp³-hybridized carbons (Fsp3) is 0.429. The number of rotatable bonds is 6. The fourth-order valence-electron chi connectivity index (χ4n) is 1.76. The quantitative estimate of drug-likeness (QED) is 0.858. The van der Waals surface area contributed by atoms with Gasteiger partial charge in [-0.2, -0.15) is 0 Å². The van der Waals surface area contributed by atoms with E-state index in [0.29, 0.717) is 12.2 Å². The lowest BCUT2D eigenvalue weighted by atomic mass is 10.1. The zero-order chi connectivity index (χ0) is 15.4. The number of nitrogens with one attached hydrogen (secondary N) is 1. The Morgan fingerprint density at radius 3 is 2.86 bits per heavy atom. The van der Waals surface area contributed by atoms with Crippen LogP contribution in [-0.2, 0) is 6.54 Å². The first-order valence-electron chi connectivity index (χ1n) is 6.72. The second-order valence-corrected chi connectivity index (χ2v) is 5.49. The van der Waals surface area contributed by atoms with Crippen molar-refractivity contribution in [1.82, 2.24) is 20.3 Å². The van der Waals surface area contributed by atoms with Gasteiger partial charge in [-0.15, -0.1) is 5.10 Å². The van der Waals surface area contributed by atoms with Crippen molar-refractivity contribution in [3.05, 3.63) is 40.9 Å². The third-order valence-electron chi connectivity index (χ3n) is 3.46. The van der Waals surface area contributed by atoms with Gasteiger partial charge in [-0.1, -0.05) is 23.7 Å². The Labute approximate surface area is 127 Å². The first kappa shape index (κ1) is 15.9. The van der Waals surface area contributed by atoms with Crippen LogP contribution in [0.1, 0.15) is 19.5 Å². The molecule has 0 saturated heterocycles. The highest BCUT2D eigenvalue weighted by Crippen LogP contribution is 2.18. The minimum Gasteiger partial charge on any atom is -0.396 e. The van der Waals surface area contributed by atoms with Gasteiger partial charge in [-0.05, 0) is 31.0 Å². The first-order valence-corrected chi connectivity index (χ1v) is 7.10. The van der Waals surface area contributed by atoms with Crippen molar-refractivity contribution in [3.63, 3.8) is 0 Å². The molecule has 114 valence electrons. The minimum atomic E-state index is -0.464. The molecule has 21 heavy (non-hydrogen) atoms. The number of nitrogens with zero attached hydrogens (tertiary/aromatic N) is 3. The highest BCUT2D eigenvalue weighted by molar-refractivity contribution is 6.30. The topological polar surface area (TPSA) is 63.0 Å². The van der Waals surface area contributed by atoms with Crippen molar-refractivity contribution in [2.75, 3.05) is 6.61 Å². The molecule has 0 bridgehead atoms. The molecule has 0 radical (unpaired) electrons. The second kappa shape index (κ2) is 6.98. The predicted octanol–water partition coefficient (Wildman–Crippen LogP) is 2.17. The third kappa shape index (κ3) is 4.00. The van der Waals surface area contributed by atoms with Crippen LogP contribution in [0.5, 0.6) is 0 Å². The van der Waals surface area contributed by atoms with Crippen molar-refractivity contribution < 1.29 is 9.50 Å². The van der Waals surface area contributed by atoms with Gasteiger partial charge in [0.1, 0.15) is 5.82 Å². The van der Waals surface area contributed by atoms with Gasteiger partial charge < -0.3 is 10.4 Å². The summed E-state index contributed by atoms with van der Waals surface area (Å²) in [5.74, 6) is -0.301. The summed E-state index contributed by atoms with van der Waals surface area (Å²) in [5, 5.41) is 20.5. The molecule has 7 heteroatoms. The maximum absolute atomic E-state index is 13.1. The lowest BCUT2D eigenvalue weighted by Crippen LogP contribution is -2.33. The van der Waals surface area contributed by atoms with E-state index in [1.165, 1.54) is 12.1 Å². The molecule has 0 aliphatic carbocycles. The summed E-state index contributed by atoms with van der Waals surface area (Å²) in [6.45, 7) is 4.65. The van der Waals surface area contributed by atoms with Gasteiger partial charge in [0.2, 0.25) is 0 Å². The van der Waals surface area contributed by atoms with Gasteiger partial charge in [0.05, 0.1) is 22.6 Å². The molecule has 2 N–H and O–H groups in total. The van der Waals surface area contributed by atoms with Crippen LogP contribution in [-0.4, -0.2) is 32.7 Å². The molecule has 0 aliphatic rings. The lowest BCUT2D eigenvalue weighted by Gasteiger charge is -2.18. The number of halogens is 2. The Morgan fingerprint density at radius 1 is 1.43 bits per heavy atom. The first-order chi connectivity index (χ1) is 10.0. The van der Waals surface area contributed by atoms with Crippen LogP contribution < -0.4 is 5.32 Å². The van der Waals surface area contributed by atoms with Crippen LogP contribution in [0.25, 0.3) is 5.69 Å². The zero-order valence-corrected chi connectivity index (χ0v) is 12.7. The Balaban J connectivity index is 2.02. The molecule has 0 spiro atoms. The molecule has 2 rings (SSSR count). The third-order valence-corrected chi connectivity index (χ3v) is 3.74. The number of hydrogen-bond acceptors (Lipinski definition) is 4. The Kier molecular flexibility index (Phi) is 5.27. The molecule has 0 aliphatic heterocycles. The fourth-order valence-corrected chi connectivity index (χ4v) is 1.93. The molecule has 0 saturated carbocycles. The van der Waals surface area contributed by atoms with Crippen molar-refractivity contribution in [3.8, 4) is 5.69 Å². The molecule has 1 aromatic heterocycles.